The number of hydrogen-bond acceptors (Lipinski definition) is 6. The Morgan fingerprint density at radius 2 is 2.22 bits per heavy atom. The smallest absolute Gasteiger partial charge is 0.194 e. The van der Waals surface area contributed by atoms with Crippen molar-refractivity contribution in [3.05, 3.63) is 59.9 Å². The first-order valence-electron chi connectivity index (χ1n) is 7.15. The Hall–Kier alpha value is -3.22. The molecule has 2 aromatic rings. The minimum atomic E-state index is -0.279. The number of rotatable bonds is 4. The molecule has 0 spiro atoms. The molecule has 1 aromatic heterocycles. The van der Waals surface area contributed by atoms with Gasteiger partial charge in [0.2, 0.25) is 0 Å². The van der Waals surface area contributed by atoms with Gasteiger partial charge in [0.05, 0.1) is 5.69 Å². The third-order valence-corrected chi connectivity index (χ3v) is 3.43. The zero-order chi connectivity index (χ0) is 16.1. The van der Waals surface area contributed by atoms with Crippen molar-refractivity contribution in [1.29, 1.82) is 0 Å². The highest BCUT2D eigenvalue weighted by molar-refractivity contribution is 5.85. The molecule has 23 heavy (non-hydrogen) atoms. The predicted octanol–water partition coefficient (Wildman–Crippen LogP) is 2.76. The molecule has 1 aliphatic rings. The van der Waals surface area contributed by atoms with E-state index in [0.29, 0.717) is 5.69 Å². The Morgan fingerprint density at radius 3 is 3.00 bits per heavy atom. The lowest BCUT2D eigenvalue weighted by Gasteiger charge is -2.23. The maximum Gasteiger partial charge on any atom is 0.194 e. The van der Waals surface area contributed by atoms with Crippen molar-refractivity contribution in [1.82, 2.24) is 10.3 Å². The summed E-state index contributed by atoms with van der Waals surface area (Å²) in [5.41, 5.74) is 4.64. The van der Waals surface area contributed by atoms with Gasteiger partial charge >= 0.3 is 0 Å². The number of allylic oxidation sites excluding steroid dienone is 1. The molecule has 0 saturated carbocycles. The number of nitrogens with one attached hydrogen (secondary N) is 2. The molecule has 2 heterocycles. The second-order valence-corrected chi connectivity index (χ2v) is 5.03. The zero-order valence-corrected chi connectivity index (χ0v) is 12.6. The van der Waals surface area contributed by atoms with E-state index in [1.807, 2.05) is 49.5 Å². The molecule has 3 rings (SSSR count). The fraction of sp³-hybridized carbons (Fsp3) is 0.125. The zero-order valence-electron chi connectivity index (χ0n) is 12.6. The van der Waals surface area contributed by atoms with Crippen LogP contribution in [0.2, 0.25) is 0 Å². The van der Waals surface area contributed by atoms with Crippen LogP contribution in [0.3, 0.4) is 0 Å². The van der Waals surface area contributed by atoms with Crippen LogP contribution in [-0.2, 0) is 0 Å². The lowest BCUT2D eigenvalue weighted by atomic mass is 10.1. The number of benzene rings is 1. The molecular formula is C16H17N7. The highest BCUT2D eigenvalue weighted by atomic mass is 15.3. The van der Waals surface area contributed by atoms with E-state index in [1.54, 1.807) is 12.4 Å². The van der Waals surface area contributed by atoms with E-state index < -0.39 is 0 Å². The SMILES string of the molecule is Cc1ccc(N=NN)cc1NC1N=CC=C(c2cccnc2)N1. The fourth-order valence-electron chi connectivity index (χ4n) is 2.25. The number of hydrogen-bond donors (Lipinski definition) is 3. The molecule has 1 atom stereocenters. The molecule has 7 heteroatoms. The molecule has 0 aliphatic carbocycles. The number of aryl methyl sites for hydroxylation is 1. The van der Waals surface area contributed by atoms with Gasteiger partial charge in [-0.3, -0.25) is 4.98 Å². The minimum absolute atomic E-state index is 0.279. The molecule has 0 amide bonds. The predicted molar refractivity (Wildman–Crippen MR) is 91.1 cm³/mol. The van der Waals surface area contributed by atoms with Gasteiger partial charge in [0.25, 0.3) is 0 Å². The monoisotopic (exact) mass is 307 g/mol. The second-order valence-electron chi connectivity index (χ2n) is 5.03. The molecule has 0 bridgehead atoms. The van der Waals surface area contributed by atoms with Crippen LogP contribution in [0.5, 0.6) is 0 Å². The Kier molecular flexibility index (Phi) is 4.28. The van der Waals surface area contributed by atoms with Gasteiger partial charge in [-0.05, 0) is 42.8 Å². The molecule has 1 aromatic carbocycles. The topological polar surface area (TPSA) is 100 Å². The Bertz CT molecular complexity index is 765. The van der Waals surface area contributed by atoms with Crippen LogP contribution in [0.15, 0.2) is 64.1 Å². The molecule has 0 radical (unpaired) electrons. The fourth-order valence-corrected chi connectivity index (χ4v) is 2.25. The van der Waals surface area contributed by atoms with Crippen molar-refractivity contribution in [3.8, 4) is 0 Å². The first-order chi connectivity index (χ1) is 11.3. The van der Waals surface area contributed by atoms with Crippen molar-refractivity contribution in [3.63, 3.8) is 0 Å². The van der Waals surface area contributed by atoms with Crippen molar-refractivity contribution in [2.75, 3.05) is 5.32 Å². The van der Waals surface area contributed by atoms with Gasteiger partial charge in [-0.1, -0.05) is 11.3 Å². The quantitative estimate of drug-likeness (QED) is 0.459. The van der Waals surface area contributed by atoms with E-state index in [9.17, 15) is 0 Å². The third-order valence-electron chi connectivity index (χ3n) is 3.43. The number of anilines is 1. The normalized spacial score (nSPS) is 16.9. The van der Waals surface area contributed by atoms with E-state index in [0.717, 1.165) is 22.5 Å². The highest BCUT2D eigenvalue weighted by Gasteiger charge is 2.13. The number of aliphatic imine (C=N–C) groups is 1. The molecule has 116 valence electrons. The van der Waals surface area contributed by atoms with E-state index >= 15 is 0 Å². The largest absolute Gasteiger partial charge is 0.347 e. The summed E-state index contributed by atoms with van der Waals surface area (Å²) in [6.07, 6.45) is 6.97. The summed E-state index contributed by atoms with van der Waals surface area (Å²) in [5.74, 6) is 5.10. The van der Waals surface area contributed by atoms with Gasteiger partial charge in [0.1, 0.15) is 0 Å². The van der Waals surface area contributed by atoms with Gasteiger partial charge in [-0.25, -0.2) is 4.99 Å². The summed E-state index contributed by atoms with van der Waals surface area (Å²) in [7, 11) is 0. The van der Waals surface area contributed by atoms with Gasteiger partial charge < -0.3 is 16.5 Å². The number of nitrogens with zero attached hydrogens (tertiary/aromatic N) is 4. The molecular weight excluding hydrogens is 290 g/mol. The summed E-state index contributed by atoms with van der Waals surface area (Å²) < 4.78 is 0. The van der Waals surface area contributed by atoms with Crippen molar-refractivity contribution < 1.29 is 0 Å². The highest BCUT2D eigenvalue weighted by Crippen LogP contribution is 2.24. The summed E-state index contributed by atoms with van der Waals surface area (Å²) in [6, 6.07) is 9.59. The Morgan fingerprint density at radius 1 is 1.30 bits per heavy atom. The van der Waals surface area contributed by atoms with Gasteiger partial charge in [-0.2, -0.15) is 0 Å². The number of nitrogens with two attached hydrogens (primary N) is 1. The number of aromatic nitrogens is 1. The average Bonchev–Trinajstić information content (AvgIpc) is 2.59. The summed E-state index contributed by atoms with van der Waals surface area (Å²) in [6.45, 7) is 2.01. The summed E-state index contributed by atoms with van der Waals surface area (Å²) in [5, 5.41) is 13.8. The van der Waals surface area contributed by atoms with Crippen molar-refractivity contribution in [2.24, 2.45) is 21.2 Å². The van der Waals surface area contributed by atoms with Crippen LogP contribution in [-0.4, -0.2) is 17.5 Å². The van der Waals surface area contributed by atoms with Gasteiger partial charge in [-0.15, -0.1) is 5.11 Å². The van der Waals surface area contributed by atoms with Crippen LogP contribution in [0, 0.1) is 6.92 Å². The first kappa shape index (κ1) is 14.7. The van der Waals surface area contributed by atoms with E-state index in [2.05, 4.69) is 30.9 Å². The molecule has 0 fully saturated rings. The Balaban J connectivity index is 1.76. The third kappa shape index (κ3) is 3.52. The van der Waals surface area contributed by atoms with Gasteiger partial charge in [0, 0.05) is 35.6 Å². The lowest BCUT2D eigenvalue weighted by Crippen LogP contribution is -2.35. The second kappa shape index (κ2) is 6.69. The van der Waals surface area contributed by atoms with E-state index in [-0.39, 0.29) is 6.29 Å². The summed E-state index contributed by atoms with van der Waals surface area (Å²) in [4.78, 5) is 8.53. The molecule has 1 aliphatic heterocycles. The molecule has 7 nitrogen and oxygen atoms in total. The molecule has 0 saturated heterocycles. The minimum Gasteiger partial charge on any atom is -0.347 e. The van der Waals surface area contributed by atoms with Crippen LogP contribution in [0.1, 0.15) is 11.1 Å². The first-order valence-corrected chi connectivity index (χ1v) is 7.15. The molecule has 4 N–H and O–H groups in total. The maximum absolute atomic E-state index is 5.10. The molecule has 1 unspecified atom stereocenters. The van der Waals surface area contributed by atoms with Crippen LogP contribution >= 0.6 is 0 Å². The van der Waals surface area contributed by atoms with Crippen molar-refractivity contribution >= 4 is 23.3 Å². The maximum atomic E-state index is 5.10. The average molecular weight is 307 g/mol. The Labute approximate surface area is 134 Å². The number of pyridine rings is 1. The standard InChI is InChI=1S/C16H17N7/c1-11-4-5-13(22-23-17)9-15(11)21-16-19-8-6-14(20-16)12-3-2-7-18-10-12/h2-10,16,20-21H,1H3,(H2,17,22). The van der Waals surface area contributed by atoms with E-state index in [4.69, 9.17) is 5.84 Å². The van der Waals surface area contributed by atoms with Crippen LogP contribution in [0.4, 0.5) is 11.4 Å². The van der Waals surface area contributed by atoms with Gasteiger partial charge in [0.15, 0.2) is 6.29 Å². The van der Waals surface area contributed by atoms with Crippen LogP contribution in [0.25, 0.3) is 5.70 Å². The van der Waals surface area contributed by atoms with Crippen molar-refractivity contribution in [2.45, 2.75) is 13.2 Å². The van der Waals surface area contributed by atoms with E-state index in [1.165, 1.54) is 0 Å². The lowest BCUT2D eigenvalue weighted by molar-refractivity contribution is 0.698. The summed E-state index contributed by atoms with van der Waals surface area (Å²) >= 11 is 0. The van der Waals surface area contributed by atoms with Crippen LogP contribution < -0.4 is 16.5 Å².